The van der Waals surface area contributed by atoms with Crippen LogP contribution in [-0.4, -0.2) is 47.9 Å². The van der Waals surface area contributed by atoms with Crippen LogP contribution >= 0.6 is 15.9 Å². The first kappa shape index (κ1) is 22.0. The number of pyridine rings is 1. The van der Waals surface area contributed by atoms with Crippen LogP contribution in [0.1, 0.15) is 27.1 Å². The second-order valence-electron chi connectivity index (χ2n) is 7.51. The number of halogens is 2. The van der Waals surface area contributed by atoms with Gasteiger partial charge in [0.15, 0.2) is 0 Å². The lowest BCUT2D eigenvalue weighted by Crippen LogP contribution is -2.35. The molecular weight excluding hydrogens is 475 g/mol. The lowest BCUT2D eigenvalue weighted by molar-refractivity contribution is 0.0766. The van der Waals surface area contributed by atoms with Crippen molar-refractivity contribution < 1.29 is 14.0 Å². The third-order valence-electron chi connectivity index (χ3n) is 5.27. The average molecular weight is 497 g/mol. The molecule has 1 N–H and O–H groups in total. The zero-order valence-corrected chi connectivity index (χ0v) is 18.9. The normalized spacial score (nSPS) is 14.1. The number of nitrogens with one attached hydrogen (secondary N) is 1. The van der Waals surface area contributed by atoms with Gasteiger partial charge in [0.25, 0.3) is 11.8 Å². The Kier molecular flexibility index (Phi) is 6.80. The summed E-state index contributed by atoms with van der Waals surface area (Å²) in [6.45, 7) is 2.74. The maximum atomic E-state index is 13.3. The van der Waals surface area contributed by atoms with Crippen LogP contribution < -0.4 is 10.2 Å². The zero-order valence-electron chi connectivity index (χ0n) is 17.3. The molecule has 0 saturated carbocycles. The molecule has 1 fully saturated rings. The highest BCUT2D eigenvalue weighted by atomic mass is 79.9. The second kappa shape index (κ2) is 9.91. The van der Waals surface area contributed by atoms with E-state index in [0.29, 0.717) is 30.9 Å². The predicted molar refractivity (Wildman–Crippen MR) is 125 cm³/mol. The van der Waals surface area contributed by atoms with Gasteiger partial charge in [0.1, 0.15) is 11.6 Å². The number of aromatic nitrogens is 1. The average Bonchev–Trinajstić information content (AvgIpc) is 3.05. The molecule has 0 radical (unpaired) electrons. The highest BCUT2D eigenvalue weighted by Gasteiger charge is 2.21. The van der Waals surface area contributed by atoms with Crippen molar-refractivity contribution in [3.05, 3.63) is 88.3 Å². The zero-order chi connectivity index (χ0) is 22.5. The molecule has 0 spiro atoms. The van der Waals surface area contributed by atoms with E-state index in [1.165, 1.54) is 18.2 Å². The molecule has 1 aromatic heterocycles. The van der Waals surface area contributed by atoms with Crippen molar-refractivity contribution in [3.8, 4) is 0 Å². The number of amides is 2. The summed E-state index contributed by atoms with van der Waals surface area (Å²) in [5.41, 5.74) is 1.45. The number of benzene rings is 2. The van der Waals surface area contributed by atoms with Crippen molar-refractivity contribution >= 4 is 39.2 Å². The summed E-state index contributed by atoms with van der Waals surface area (Å²) < 4.78 is 14.2. The largest absolute Gasteiger partial charge is 0.355 e. The van der Waals surface area contributed by atoms with Crippen molar-refractivity contribution in [3.63, 3.8) is 0 Å². The number of rotatable bonds is 4. The summed E-state index contributed by atoms with van der Waals surface area (Å²) in [5, 5.41) is 2.73. The fraction of sp³-hybridized carbons (Fsp3) is 0.208. The molecule has 164 valence electrons. The molecule has 0 aliphatic carbocycles. The van der Waals surface area contributed by atoms with Crippen LogP contribution in [0.15, 0.2) is 71.3 Å². The Bertz CT molecular complexity index is 1120. The van der Waals surface area contributed by atoms with Crippen LogP contribution in [0.4, 0.5) is 15.9 Å². The second-order valence-corrected chi connectivity index (χ2v) is 8.43. The molecule has 2 aromatic carbocycles. The molecule has 2 amide bonds. The van der Waals surface area contributed by atoms with Crippen molar-refractivity contribution in [2.45, 2.75) is 6.42 Å². The molecule has 3 aromatic rings. The van der Waals surface area contributed by atoms with Crippen LogP contribution in [-0.2, 0) is 0 Å². The monoisotopic (exact) mass is 496 g/mol. The quantitative estimate of drug-likeness (QED) is 0.573. The first-order valence-electron chi connectivity index (χ1n) is 10.3. The first-order valence-corrected chi connectivity index (χ1v) is 11.1. The van der Waals surface area contributed by atoms with Crippen molar-refractivity contribution in [2.75, 3.05) is 36.4 Å². The fourth-order valence-electron chi connectivity index (χ4n) is 3.63. The molecule has 0 atom stereocenters. The van der Waals surface area contributed by atoms with Gasteiger partial charge in [-0.05, 0) is 55.0 Å². The van der Waals surface area contributed by atoms with Gasteiger partial charge in [-0.15, -0.1) is 0 Å². The lowest BCUT2D eigenvalue weighted by atomic mass is 10.2. The minimum Gasteiger partial charge on any atom is -0.355 e. The number of carbonyl (C=O) groups excluding carboxylic acids is 2. The molecule has 8 heteroatoms. The van der Waals surface area contributed by atoms with E-state index in [-0.39, 0.29) is 11.5 Å². The molecule has 4 rings (SSSR count). The Morgan fingerprint density at radius 2 is 1.75 bits per heavy atom. The third-order valence-corrected chi connectivity index (χ3v) is 5.76. The van der Waals surface area contributed by atoms with Gasteiger partial charge < -0.3 is 15.1 Å². The third kappa shape index (κ3) is 5.31. The van der Waals surface area contributed by atoms with Crippen LogP contribution in [0.3, 0.4) is 0 Å². The molecule has 1 aliphatic rings. The number of hydrogen-bond acceptors (Lipinski definition) is 4. The Balaban J connectivity index is 1.37. The van der Waals surface area contributed by atoms with Gasteiger partial charge in [-0.3, -0.25) is 9.59 Å². The van der Waals surface area contributed by atoms with Crippen LogP contribution in [0.25, 0.3) is 0 Å². The van der Waals surface area contributed by atoms with Gasteiger partial charge in [-0.25, -0.2) is 9.37 Å². The van der Waals surface area contributed by atoms with Gasteiger partial charge in [0, 0.05) is 41.8 Å². The Hall–Kier alpha value is -3.26. The van der Waals surface area contributed by atoms with E-state index in [9.17, 15) is 14.0 Å². The van der Waals surface area contributed by atoms with Crippen molar-refractivity contribution in [2.24, 2.45) is 0 Å². The SMILES string of the molecule is O=C(Nc1ccc(N2CCCN(C(=O)c3cccc(Br)c3)CC2)nc1)c1cccc(F)c1. The van der Waals surface area contributed by atoms with Crippen molar-refractivity contribution in [1.82, 2.24) is 9.88 Å². The van der Waals surface area contributed by atoms with E-state index in [4.69, 9.17) is 0 Å². The Morgan fingerprint density at radius 1 is 0.938 bits per heavy atom. The standard InChI is InChI=1S/C24H22BrFN4O2/c25-19-6-1-5-18(14-19)24(32)30-11-3-10-29(12-13-30)22-9-8-21(16-27-22)28-23(31)17-4-2-7-20(26)15-17/h1-2,4-9,14-16H,3,10-13H2,(H,28,31). The minimum absolute atomic E-state index is 0.0246. The molecule has 0 bridgehead atoms. The maximum absolute atomic E-state index is 13.3. The topological polar surface area (TPSA) is 65.5 Å². The van der Waals surface area contributed by atoms with Gasteiger partial charge in [0.2, 0.25) is 0 Å². The summed E-state index contributed by atoms with van der Waals surface area (Å²) in [7, 11) is 0. The summed E-state index contributed by atoms with van der Waals surface area (Å²) in [4.78, 5) is 33.6. The van der Waals surface area contributed by atoms with Gasteiger partial charge in [-0.1, -0.05) is 28.1 Å². The molecule has 2 heterocycles. The lowest BCUT2D eigenvalue weighted by Gasteiger charge is -2.23. The van der Waals surface area contributed by atoms with E-state index in [1.54, 1.807) is 18.3 Å². The van der Waals surface area contributed by atoms with E-state index >= 15 is 0 Å². The Labute approximate surface area is 194 Å². The van der Waals surface area contributed by atoms with Gasteiger partial charge in [-0.2, -0.15) is 0 Å². The Morgan fingerprint density at radius 3 is 2.50 bits per heavy atom. The van der Waals surface area contributed by atoms with E-state index in [1.807, 2.05) is 35.2 Å². The molecule has 32 heavy (non-hydrogen) atoms. The summed E-state index contributed by atoms with van der Waals surface area (Å²) in [5.74, 6) is -0.0442. The number of hydrogen-bond donors (Lipinski definition) is 1. The van der Waals surface area contributed by atoms with E-state index < -0.39 is 11.7 Å². The van der Waals surface area contributed by atoms with Gasteiger partial charge in [0.05, 0.1) is 11.9 Å². The van der Waals surface area contributed by atoms with Crippen molar-refractivity contribution in [1.29, 1.82) is 0 Å². The van der Waals surface area contributed by atoms with E-state index in [0.717, 1.165) is 23.3 Å². The van der Waals surface area contributed by atoms with Crippen LogP contribution in [0.2, 0.25) is 0 Å². The molecular formula is C24H22BrFN4O2. The summed E-state index contributed by atoms with van der Waals surface area (Å²) in [6.07, 6.45) is 2.42. The number of nitrogens with zero attached hydrogens (tertiary/aromatic N) is 3. The predicted octanol–water partition coefficient (Wildman–Crippen LogP) is 4.59. The molecule has 0 unspecified atom stereocenters. The molecule has 1 aliphatic heterocycles. The van der Waals surface area contributed by atoms with Crippen LogP contribution in [0.5, 0.6) is 0 Å². The van der Waals surface area contributed by atoms with E-state index in [2.05, 4.69) is 31.1 Å². The highest BCUT2D eigenvalue weighted by molar-refractivity contribution is 9.10. The minimum atomic E-state index is -0.459. The molecule has 6 nitrogen and oxygen atoms in total. The summed E-state index contributed by atoms with van der Waals surface area (Å²) >= 11 is 3.42. The van der Waals surface area contributed by atoms with Crippen LogP contribution in [0, 0.1) is 5.82 Å². The smallest absolute Gasteiger partial charge is 0.255 e. The highest BCUT2D eigenvalue weighted by Crippen LogP contribution is 2.19. The fourth-order valence-corrected chi connectivity index (χ4v) is 4.03. The molecule has 1 saturated heterocycles. The maximum Gasteiger partial charge on any atom is 0.255 e. The number of anilines is 2. The van der Waals surface area contributed by atoms with Gasteiger partial charge >= 0.3 is 0 Å². The first-order chi connectivity index (χ1) is 15.5. The number of carbonyl (C=O) groups is 2. The summed E-state index contributed by atoms with van der Waals surface area (Å²) in [6, 6.07) is 16.6.